The van der Waals surface area contributed by atoms with Gasteiger partial charge in [-0.25, -0.2) is 13.1 Å². The van der Waals surface area contributed by atoms with Crippen molar-refractivity contribution in [3.63, 3.8) is 0 Å². The molecule has 0 aromatic heterocycles. The standard InChI is InChI=1S/C16H22N2O2S/c1-12(2)9-15(11-17)18-21(19,20)16-8-7-13-5-3-4-6-14(13)10-16/h3-8,10,12,15,18H,9,11,17H2,1-2H3. The summed E-state index contributed by atoms with van der Waals surface area (Å²) in [5, 5.41) is 1.93. The Morgan fingerprint density at radius 3 is 2.38 bits per heavy atom. The van der Waals surface area contributed by atoms with Gasteiger partial charge in [0.25, 0.3) is 0 Å². The lowest BCUT2D eigenvalue weighted by Gasteiger charge is -2.19. The van der Waals surface area contributed by atoms with Crippen LogP contribution in [0.3, 0.4) is 0 Å². The highest BCUT2D eigenvalue weighted by atomic mass is 32.2. The van der Waals surface area contributed by atoms with E-state index in [9.17, 15) is 8.42 Å². The number of benzene rings is 2. The smallest absolute Gasteiger partial charge is 0.240 e. The van der Waals surface area contributed by atoms with E-state index >= 15 is 0 Å². The van der Waals surface area contributed by atoms with Gasteiger partial charge in [-0.1, -0.05) is 44.2 Å². The number of sulfonamides is 1. The highest BCUT2D eigenvalue weighted by Gasteiger charge is 2.20. The van der Waals surface area contributed by atoms with Crippen LogP contribution in [0.1, 0.15) is 20.3 Å². The fourth-order valence-electron chi connectivity index (χ4n) is 2.38. The zero-order valence-corrected chi connectivity index (χ0v) is 13.2. The highest BCUT2D eigenvalue weighted by Crippen LogP contribution is 2.19. The van der Waals surface area contributed by atoms with Crippen LogP contribution in [0.2, 0.25) is 0 Å². The van der Waals surface area contributed by atoms with Gasteiger partial charge < -0.3 is 5.73 Å². The monoisotopic (exact) mass is 306 g/mol. The summed E-state index contributed by atoms with van der Waals surface area (Å²) < 4.78 is 27.6. The van der Waals surface area contributed by atoms with Crippen molar-refractivity contribution in [2.45, 2.75) is 31.2 Å². The van der Waals surface area contributed by atoms with Crippen LogP contribution in [-0.2, 0) is 10.0 Å². The summed E-state index contributed by atoms with van der Waals surface area (Å²) in [4.78, 5) is 0.281. The molecule has 3 N–H and O–H groups in total. The van der Waals surface area contributed by atoms with Crippen LogP contribution in [0.5, 0.6) is 0 Å². The van der Waals surface area contributed by atoms with E-state index in [0.717, 1.165) is 17.2 Å². The van der Waals surface area contributed by atoms with Crippen molar-refractivity contribution in [1.82, 2.24) is 4.72 Å². The first-order valence-electron chi connectivity index (χ1n) is 7.13. The molecule has 0 spiro atoms. The van der Waals surface area contributed by atoms with Crippen LogP contribution < -0.4 is 10.5 Å². The first-order valence-corrected chi connectivity index (χ1v) is 8.62. The summed E-state index contributed by atoms with van der Waals surface area (Å²) in [6.45, 7) is 4.39. The van der Waals surface area contributed by atoms with Crippen molar-refractivity contribution < 1.29 is 8.42 Å². The van der Waals surface area contributed by atoms with Crippen molar-refractivity contribution in [3.05, 3.63) is 42.5 Å². The molecule has 0 saturated heterocycles. The number of nitrogens with one attached hydrogen (secondary N) is 1. The molecule has 0 fully saturated rings. The largest absolute Gasteiger partial charge is 0.329 e. The minimum atomic E-state index is -3.54. The number of rotatable bonds is 6. The van der Waals surface area contributed by atoms with Gasteiger partial charge in [0.15, 0.2) is 0 Å². The van der Waals surface area contributed by atoms with Gasteiger partial charge in [0.05, 0.1) is 4.90 Å². The first kappa shape index (κ1) is 15.9. The van der Waals surface area contributed by atoms with Gasteiger partial charge >= 0.3 is 0 Å². The molecule has 2 aromatic rings. The minimum Gasteiger partial charge on any atom is -0.329 e. The lowest BCUT2D eigenvalue weighted by Crippen LogP contribution is -2.40. The summed E-state index contributed by atoms with van der Waals surface area (Å²) in [7, 11) is -3.54. The zero-order chi connectivity index (χ0) is 15.5. The van der Waals surface area contributed by atoms with Crippen LogP contribution in [-0.4, -0.2) is 21.0 Å². The van der Waals surface area contributed by atoms with E-state index in [2.05, 4.69) is 4.72 Å². The Morgan fingerprint density at radius 1 is 1.10 bits per heavy atom. The average Bonchev–Trinajstić information content (AvgIpc) is 2.45. The van der Waals surface area contributed by atoms with Crippen molar-refractivity contribution in [1.29, 1.82) is 0 Å². The van der Waals surface area contributed by atoms with Crippen molar-refractivity contribution >= 4 is 20.8 Å². The second-order valence-electron chi connectivity index (χ2n) is 5.69. The summed E-state index contributed by atoms with van der Waals surface area (Å²) in [6, 6.07) is 12.6. The SMILES string of the molecule is CC(C)CC(CN)NS(=O)(=O)c1ccc2ccccc2c1. The molecule has 2 rings (SSSR count). The van der Waals surface area contributed by atoms with Gasteiger partial charge in [0.2, 0.25) is 10.0 Å². The molecular weight excluding hydrogens is 284 g/mol. The third kappa shape index (κ3) is 4.03. The van der Waals surface area contributed by atoms with Gasteiger partial charge in [-0.05, 0) is 35.2 Å². The Balaban J connectivity index is 2.28. The molecular formula is C16H22N2O2S. The molecule has 0 aliphatic rings. The van der Waals surface area contributed by atoms with Gasteiger partial charge in [0.1, 0.15) is 0 Å². The Kier molecular flexibility index (Phi) is 4.98. The zero-order valence-electron chi connectivity index (χ0n) is 12.4. The maximum Gasteiger partial charge on any atom is 0.240 e. The van der Waals surface area contributed by atoms with Crippen LogP contribution >= 0.6 is 0 Å². The van der Waals surface area contributed by atoms with E-state index in [0.29, 0.717) is 12.5 Å². The van der Waals surface area contributed by atoms with E-state index in [1.807, 2.05) is 44.2 Å². The third-order valence-electron chi connectivity index (χ3n) is 3.39. The molecule has 1 unspecified atom stereocenters. The second-order valence-corrected chi connectivity index (χ2v) is 7.41. The van der Waals surface area contributed by atoms with E-state index in [1.54, 1.807) is 12.1 Å². The number of nitrogens with two attached hydrogens (primary N) is 1. The Labute approximate surface area is 126 Å². The molecule has 1 atom stereocenters. The number of hydrogen-bond acceptors (Lipinski definition) is 3. The molecule has 0 radical (unpaired) electrons. The fourth-order valence-corrected chi connectivity index (χ4v) is 3.68. The maximum atomic E-state index is 12.5. The molecule has 0 heterocycles. The quantitative estimate of drug-likeness (QED) is 0.861. The topological polar surface area (TPSA) is 72.2 Å². The summed E-state index contributed by atoms with van der Waals surface area (Å²) >= 11 is 0. The summed E-state index contributed by atoms with van der Waals surface area (Å²) in [5.74, 6) is 0.387. The fraction of sp³-hybridized carbons (Fsp3) is 0.375. The molecule has 114 valence electrons. The van der Waals surface area contributed by atoms with Crippen molar-refractivity contribution in [2.75, 3.05) is 6.54 Å². The maximum absolute atomic E-state index is 12.5. The van der Waals surface area contributed by atoms with Crippen LogP contribution in [0.25, 0.3) is 10.8 Å². The van der Waals surface area contributed by atoms with Crippen molar-refractivity contribution in [3.8, 4) is 0 Å². The van der Waals surface area contributed by atoms with E-state index in [1.165, 1.54) is 0 Å². The van der Waals surface area contributed by atoms with Crippen molar-refractivity contribution in [2.24, 2.45) is 11.7 Å². The molecule has 2 aromatic carbocycles. The van der Waals surface area contributed by atoms with E-state index in [4.69, 9.17) is 5.73 Å². The molecule has 0 amide bonds. The van der Waals surface area contributed by atoms with Crippen LogP contribution in [0.15, 0.2) is 47.4 Å². The van der Waals surface area contributed by atoms with Crippen LogP contribution in [0, 0.1) is 5.92 Å². The Hall–Kier alpha value is -1.43. The Morgan fingerprint density at radius 2 is 1.76 bits per heavy atom. The number of fused-ring (bicyclic) bond motifs is 1. The number of hydrogen-bond donors (Lipinski definition) is 2. The first-order chi connectivity index (χ1) is 9.92. The van der Waals surface area contributed by atoms with Crippen LogP contribution in [0.4, 0.5) is 0 Å². The molecule has 0 saturated carbocycles. The lowest BCUT2D eigenvalue weighted by molar-refractivity contribution is 0.465. The van der Waals surface area contributed by atoms with Gasteiger partial charge in [-0.15, -0.1) is 0 Å². The Bertz CT molecular complexity index is 711. The molecule has 4 nitrogen and oxygen atoms in total. The van der Waals surface area contributed by atoms with Gasteiger partial charge in [-0.3, -0.25) is 0 Å². The molecule has 0 aliphatic heterocycles. The molecule has 0 bridgehead atoms. The normalized spacial score (nSPS) is 13.7. The molecule has 5 heteroatoms. The lowest BCUT2D eigenvalue weighted by atomic mass is 10.1. The molecule has 21 heavy (non-hydrogen) atoms. The summed E-state index contributed by atoms with van der Waals surface area (Å²) in [6.07, 6.45) is 0.726. The average molecular weight is 306 g/mol. The minimum absolute atomic E-state index is 0.235. The van der Waals surface area contributed by atoms with Gasteiger partial charge in [-0.2, -0.15) is 0 Å². The highest BCUT2D eigenvalue weighted by molar-refractivity contribution is 7.89. The van der Waals surface area contributed by atoms with Gasteiger partial charge in [0, 0.05) is 12.6 Å². The predicted octanol–water partition coefficient (Wildman–Crippen LogP) is 2.49. The predicted molar refractivity (Wildman–Crippen MR) is 86.6 cm³/mol. The second kappa shape index (κ2) is 6.56. The molecule has 0 aliphatic carbocycles. The summed E-state index contributed by atoms with van der Waals surface area (Å²) in [5.41, 5.74) is 5.67. The van der Waals surface area contributed by atoms with E-state index < -0.39 is 10.0 Å². The third-order valence-corrected chi connectivity index (χ3v) is 4.91. The van der Waals surface area contributed by atoms with E-state index in [-0.39, 0.29) is 10.9 Å².